The van der Waals surface area contributed by atoms with Gasteiger partial charge in [0, 0.05) is 35.8 Å². The highest BCUT2D eigenvalue weighted by atomic mass is 32.1. The van der Waals surface area contributed by atoms with E-state index in [9.17, 15) is 0 Å². The fraction of sp³-hybridized carbons (Fsp3) is 0.235. The van der Waals surface area contributed by atoms with E-state index in [-0.39, 0.29) is 0 Å². The lowest BCUT2D eigenvalue weighted by atomic mass is 10.1. The standard InChI is InChI=1S/C17H16N2O2S2/c18-12-3-1-2-11(8-12)13-10-23-17-14(22)9-15(21-16(13)17)19-4-6-20-7-5-19/h1-3,8-10H,4-7,18H2. The molecular weight excluding hydrogens is 328 g/mol. The van der Waals surface area contributed by atoms with E-state index >= 15 is 0 Å². The first-order valence-electron chi connectivity index (χ1n) is 7.46. The molecule has 4 nitrogen and oxygen atoms in total. The van der Waals surface area contributed by atoms with Crippen molar-refractivity contribution in [2.24, 2.45) is 0 Å². The smallest absolute Gasteiger partial charge is 0.197 e. The number of benzene rings is 1. The molecule has 1 saturated heterocycles. The van der Waals surface area contributed by atoms with Crippen LogP contribution in [0.5, 0.6) is 0 Å². The first kappa shape index (κ1) is 14.7. The van der Waals surface area contributed by atoms with Crippen molar-refractivity contribution >= 4 is 45.4 Å². The summed E-state index contributed by atoms with van der Waals surface area (Å²) in [6.45, 7) is 3.07. The summed E-state index contributed by atoms with van der Waals surface area (Å²) >= 11 is 7.18. The molecule has 1 aliphatic heterocycles. The van der Waals surface area contributed by atoms with Crippen molar-refractivity contribution in [1.29, 1.82) is 0 Å². The van der Waals surface area contributed by atoms with E-state index in [1.54, 1.807) is 11.3 Å². The van der Waals surface area contributed by atoms with Crippen LogP contribution in [0.1, 0.15) is 0 Å². The molecule has 0 spiro atoms. The second-order valence-corrected chi connectivity index (χ2v) is 6.80. The molecule has 4 rings (SSSR count). The highest BCUT2D eigenvalue weighted by molar-refractivity contribution is 7.72. The third kappa shape index (κ3) is 2.73. The van der Waals surface area contributed by atoms with Crippen LogP contribution in [0.25, 0.3) is 21.4 Å². The van der Waals surface area contributed by atoms with Crippen LogP contribution >= 0.6 is 23.6 Å². The maximum absolute atomic E-state index is 6.22. The second kappa shape index (κ2) is 5.96. The summed E-state index contributed by atoms with van der Waals surface area (Å²) in [5.74, 6) is 0.814. The van der Waals surface area contributed by atoms with Gasteiger partial charge in [0.2, 0.25) is 0 Å². The molecule has 0 saturated carbocycles. The maximum Gasteiger partial charge on any atom is 0.197 e. The Bertz CT molecular complexity index is 910. The van der Waals surface area contributed by atoms with E-state index in [2.05, 4.69) is 10.3 Å². The Balaban J connectivity index is 1.86. The molecule has 3 heterocycles. The van der Waals surface area contributed by atoms with E-state index in [1.807, 2.05) is 30.3 Å². The average molecular weight is 344 g/mol. The summed E-state index contributed by atoms with van der Waals surface area (Å²) in [6.07, 6.45) is 0. The van der Waals surface area contributed by atoms with Gasteiger partial charge in [-0.15, -0.1) is 11.3 Å². The van der Waals surface area contributed by atoms with Gasteiger partial charge in [0.05, 0.1) is 22.4 Å². The van der Waals surface area contributed by atoms with Gasteiger partial charge in [0.25, 0.3) is 0 Å². The summed E-state index contributed by atoms with van der Waals surface area (Å²) < 4.78 is 13.5. The molecule has 0 atom stereocenters. The lowest BCUT2D eigenvalue weighted by molar-refractivity contribution is 0.121. The molecule has 0 radical (unpaired) electrons. The van der Waals surface area contributed by atoms with Crippen molar-refractivity contribution in [2.75, 3.05) is 36.9 Å². The van der Waals surface area contributed by atoms with E-state index in [1.165, 1.54) is 0 Å². The fourth-order valence-corrected chi connectivity index (χ4v) is 4.03. The monoisotopic (exact) mass is 344 g/mol. The number of nitrogens with zero attached hydrogens (tertiary/aromatic N) is 1. The van der Waals surface area contributed by atoms with Gasteiger partial charge < -0.3 is 19.8 Å². The molecule has 23 heavy (non-hydrogen) atoms. The van der Waals surface area contributed by atoms with Gasteiger partial charge in [-0.05, 0) is 17.7 Å². The maximum atomic E-state index is 6.22. The van der Waals surface area contributed by atoms with Crippen LogP contribution in [0.15, 0.2) is 40.1 Å². The summed E-state index contributed by atoms with van der Waals surface area (Å²) in [5.41, 5.74) is 9.59. The van der Waals surface area contributed by atoms with Crippen LogP contribution in [-0.2, 0) is 4.74 Å². The van der Waals surface area contributed by atoms with E-state index in [0.717, 1.165) is 50.6 Å². The Hall–Kier alpha value is -1.89. The second-order valence-electron chi connectivity index (χ2n) is 5.48. The summed E-state index contributed by atoms with van der Waals surface area (Å²) in [7, 11) is 0. The Morgan fingerprint density at radius 1 is 1.17 bits per heavy atom. The normalized spacial score (nSPS) is 15.2. The Labute approximate surface area is 143 Å². The molecule has 2 aromatic heterocycles. The van der Waals surface area contributed by atoms with Gasteiger partial charge in [-0.3, -0.25) is 0 Å². The number of nitrogens with two attached hydrogens (primary N) is 1. The highest BCUT2D eigenvalue weighted by Gasteiger charge is 2.17. The average Bonchev–Trinajstić information content (AvgIpc) is 3.00. The van der Waals surface area contributed by atoms with Crippen LogP contribution in [-0.4, -0.2) is 26.3 Å². The van der Waals surface area contributed by atoms with E-state index in [4.69, 9.17) is 27.1 Å². The number of ether oxygens (including phenoxy) is 1. The largest absolute Gasteiger partial charge is 0.439 e. The van der Waals surface area contributed by atoms with Crippen LogP contribution in [0.4, 0.5) is 11.6 Å². The van der Waals surface area contributed by atoms with Crippen LogP contribution in [0.3, 0.4) is 0 Å². The molecule has 1 aromatic carbocycles. The number of nitrogen functional groups attached to an aromatic ring is 1. The van der Waals surface area contributed by atoms with Crippen molar-refractivity contribution in [1.82, 2.24) is 0 Å². The van der Waals surface area contributed by atoms with Crippen molar-refractivity contribution in [3.05, 3.63) is 40.2 Å². The molecular formula is C17H16N2O2S2. The van der Waals surface area contributed by atoms with E-state index in [0.29, 0.717) is 13.2 Å². The van der Waals surface area contributed by atoms with Gasteiger partial charge in [-0.2, -0.15) is 0 Å². The molecule has 3 aromatic rings. The van der Waals surface area contributed by atoms with Gasteiger partial charge in [0.1, 0.15) is 0 Å². The Morgan fingerprint density at radius 2 is 2.00 bits per heavy atom. The predicted octanol–water partition coefficient (Wildman–Crippen LogP) is 4.31. The van der Waals surface area contributed by atoms with Crippen LogP contribution < -0.4 is 10.6 Å². The zero-order chi connectivity index (χ0) is 15.8. The minimum atomic E-state index is 0.714. The van der Waals surface area contributed by atoms with Gasteiger partial charge >= 0.3 is 0 Å². The van der Waals surface area contributed by atoms with Crippen molar-refractivity contribution in [2.45, 2.75) is 0 Å². The minimum Gasteiger partial charge on any atom is -0.439 e. The van der Waals surface area contributed by atoms with Crippen LogP contribution in [0, 0.1) is 4.51 Å². The number of thiophene rings is 1. The van der Waals surface area contributed by atoms with Crippen molar-refractivity contribution < 1.29 is 9.15 Å². The molecule has 0 amide bonds. The lowest BCUT2D eigenvalue weighted by Gasteiger charge is -2.27. The van der Waals surface area contributed by atoms with Gasteiger partial charge in [0.15, 0.2) is 11.5 Å². The number of rotatable bonds is 2. The number of morpholine rings is 1. The van der Waals surface area contributed by atoms with Crippen molar-refractivity contribution in [3.8, 4) is 11.1 Å². The quantitative estimate of drug-likeness (QED) is 0.554. The molecule has 6 heteroatoms. The van der Waals surface area contributed by atoms with E-state index < -0.39 is 0 Å². The van der Waals surface area contributed by atoms with Crippen LogP contribution in [0.2, 0.25) is 0 Å². The molecule has 2 N–H and O–H groups in total. The summed E-state index contributed by atoms with van der Waals surface area (Å²) in [5, 5.41) is 2.09. The van der Waals surface area contributed by atoms with Gasteiger partial charge in [-0.25, -0.2) is 0 Å². The first-order chi connectivity index (χ1) is 11.2. The first-order valence-corrected chi connectivity index (χ1v) is 8.75. The summed E-state index contributed by atoms with van der Waals surface area (Å²) in [6, 6.07) is 9.78. The Morgan fingerprint density at radius 3 is 2.78 bits per heavy atom. The minimum absolute atomic E-state index is 0.714. The summed E-state index contributed by atoms with van der Waals surface area (Å²) in [4.78, 5) is 2.18. The molecule has 0 bridgehead atoms. The SMILES string of the molecule is Nc1cccc(-c2csc3c(=S)cc(N4CCOCC4)oc23)c1. The molecule has 118 valence electrons. The number of hydrogen-bond donors (Lipinski definition) is 1. The zero-order valence-corrected chi connectivity index (χ0v) is 14.1. The third-order valence-corrected chi connectivity index (χ3v) is 5.40. The van der Waals surface area contributed by atoms with Crippen molar-refractivity contribution in [3.63, 3.8) is 0 Å². The highest BCUT2D eigenvalue weighted by Crippen LogP contribution is 2.37. The number of anilines is 2. The van der Waals surface area contributed by atoms with Gasteiger partial charge in [-0.1, -0.05) is 24.4 Å². The number of fused-ring (bicyclic) bond motifs is 1. The predicted molar refractivity (Wildman–Crippen MR) is 97.8 cm³/mol. The number of hydrogen-bond acceptors (Lipinski definition) is 6. The third-order valence-electron chi connectivity index (χ3n) is 3.95. The topological polar surface area (TPSA) is 51.6 Å². The molecule has 0 unspecified atom stereocenters. The fourth-order valence-electron chi connectivity index (χ4n) is 2.78. The zero-order valence-electron chi connectivity index (χ0n) is 12.5. The lowest BCUT2D eigenvalue weighted by Crippen LogP contribution is -2.36. The molecule has 0 aliphatic carbocycles. The Kier molecular flexibility index (Phi) is 3.80. The molecule has 1 aliphatic rings. The molecule has 1 fully saturated rings.